The highest BCUT2D eigenvalue weighted by atomic mass is 16.1. The number of carbonyl (C=O) groups is 1. The summed E-state index contributed by atoms with van der Waals surface area (Å²) in [5.74, 6) is -0.412. The first-order valence-corrected chi connectivity index (χ1v) is 11.1. The van der Waals surface area contributed by atoms with Gasteiger partial charge in [-0.25, -0.2) is 0 Å². The fraction of sp³-hybridized carbons (Fsp3) is 0.138. The number of amides is 1. The maximum absolute atomic E-state index is 12.9. The van der Waals surface area contributed by atoms with Gasteiger partial charge in [-0.15, -0.1) is 0 Å². The molecular formula is C29H24N4O. The second-order valence-electron chi connectivity index (χ2n) is 8.15. The van der Waals surface area contributed by atoms with Gasteiger partial charge in [-0.1, -0.05) is 66.7 Å². The molecule has 0 aliphatic carbocycles. The van der Waals surface area contributed by atoms with Crippen molar-refractivity contribution in [3.63, 3.8) is 0 Å². The zero-order chi connectivity index (χ0) is 24.1. The summed E-state index contributed by atoms with van der Waals surface area (Å²) < 4.78 is 2.12. The third-order valence-electron chi connectivity index (χ3n) is 6.05. The van der Waals surface area contributed by atoms with Crippen LogP contribution in [0.4, 0.5) is 0 Å². The fourth-order valence-electron chi connectivity index (χ4n) is 4.17. The molecule has 1 amide bonds. The van der Waals surface area contributed by atoms with E-state index in [1.807, 2.05) is 92.7 Å². The second-order valence-corrected chi connectivity index (χ2v) is 8.15. The van der Waals surface area contributed by atoms with Crippen molar-refractivity contribution in [2.75, 3.05) is 0 Å². The first-order chi connectivity index (χ1) is 16.5. The van der Waals surface area contributed by atoms with Crippen molar-refractivity contribution >= 4 is 22.9 Å². The van der Waals surface area contributed by atoms with Crippen molar-refractivity contribution < 1.29 is 4.79 Å². The molecule has 0 unspecified atom stereocenters. The van der Waals surface area contributed by atoms with Gasteiger partial charge in [0.05, 0.1) is 17.7 Å². The van der Waals surface area contributed by atoms with Crippen LogP contribution < -0.4 is 5.32 Å². The minimum absolute atomic E-state index is 0.0474. The van der Waals surface area contributed by atoms with Gasteiger partial charge in [-0.05, 0) is 43.2 Å². The molecular weight excluding hydrogens is 420 g/mol. The molecule has 5 heteroatoms. The van der Waals surface area contributed by atoms with Gasteiger partial charge >= 0.3 is 0 Å². The van der Waals surface area contributed by atoms with E-state index in [4.69, 9.17) is 0 Å². The van der Waals surface area contributed by atoms with Crippen LogP contribution in [0.5, 0.6) is 0 Å². The molecule has 1 atom stereocenters. The number of para-hydroxylation sites is 1. The maximum Gasteiger partial charge on any atom is 0.262 e. The van der Waals surface area contributed by atoms with Gasteiger partial charge in [-0.3, -0.25) is 4.79 Å². The number of fused-ring (bicyclic) bond motifs is 1. The SMILES string of the molecule is Cc1c(/C=C(/C#N)C(=O)N[C@@H](C)c2ccccc2)c2ccccc2n1Cc1ccccc1C#N. The van der Waals surface area contributed by atoms with Crippen LogP contribution in [-0.4, -0.2) is 10.5 Å². The Balaban J connectivity index is 1.72. The van der Waals surface area contributed by atoms with Crippen LogP contribution in [0.25, 0.3) is 17.0 Å². The monoisotopic (exact) mass is 444 g/mol. The first kappa shape index (κ1) is 22.6. The Bertz CT molecular complexity index is 1470. The Morgan fingerprint density at radius 2 is 1.68 bits per heavy atom. The lowest BCUT2D eigenvalue weighted by molar-refractivity contribution is -0.117. The van der Waals surface area contributed by atoms with Gasteiger partial charge in [0.25, 0.3) is 5.91 Å². The van der Waals surface area contributed by atoms with Gasteiger partial charge in [0.1, 0.15) is 11.6 Å². The standard InChI is InChI=1S/C29H24N4O/c1-20(22-10-4-3-5-11-22)32-29(34)25(18-31)16-27-21(2)33(28-15-9-8-14-26(27)28)19-24-13-7-6-12-23(24)17-30/h3-16,20H,19H2,1-2H3,(H,32,34)/b25-16-/t20-/m0/s1. The zero-order valence-electron chi connectivity index (χ0n) is 19.1. The predicted molar refractivity (Wildman–Crippen MR) is 134 cm³/mol. The number of nitriles is 2. The summed E-state index contributed by atoms with van der Waals surface area (Å²) in [7, 11) is 0. The highest BCUT2D eigenvalue weighted by Gasteiger charge is 2.18. The molecule has 34 heavy (non-hydrogen) atoms. The Morgan fingerprint density at radius 1 is 1.00 bits per heavy atom. The van der Waals surface area contributed by atoms with Crippen molar-refractivity contribution in [1.82, 2.24) is 9.88 Å². The highest BCUT2D eigenvalue weighted by molar-refractivity contribution is 6.04. The average molecular weight is 445 g/mol. The van der Waals surface area contributed by atoms with Gasteiger partial charge in [0.2, 0.25) is 0 Å². The molecule has 0 bridgehead atoms. The van der Waals surface area contributed by atoms with Gasteiger partial charge < -0.3 is 9.88 Å². The molecule has 0 aliphatic heterocycles. The number of benzene rings is 3. The van der Waals surface area contributed by atoms with Gasteiger partial charge in [0, 0.05) is 28.7 Å². The summed E-state index contributed by atoms with van der Waals surface area (Å²) in [6.07, 6.45) is 1.66. The summed E-state index contributed by atoms with van der Waals surface area (Å²) >= 11 is 0. The number of hydrogen-bond acceptors (Lipinski definition) is 3. The van der Waals surface area contributed by atoms with Crippen LogP contribution in [0.3, 0.4) is 0 Å². The number of nitrogens with zero attached hydrogens (tertiary/aromatic N) is 3. The summed E-state index contributed by atoms with van der Waals surface area (Å²) in [6.45, 7) is 4.38. The van der Waals surface area contributed by atoms with E-state index in [0.717, 1.165) is 33.3 Å². The van der Waals surface area contributed by atoms with E-state index >= 15 is 0 Å². The number of hydrogen-bond donors (Lipinski definition) is 1. The Morgan fingerprint density at radius 3 is 2.41 bits per heavy atom. The number of aromatic nitrogens is 1. The van der Waals surface area contributed by atoms with Crippen molar-refractivity contribution in [3.8, 4) is 12.1 Å². The van der Waals surface area contributed by atoms with E-state index in [0.29, 0.717) is 12.1 Å². The Kier molecular flexibility index (Phi) is 6.57. The molecule has 0 aliphatic rings. The topological polar surface area (TPSA) is 81.6 Å². The summed E-state index contributed by atoms with van der Waals surface area (Å²) in [6, 6.07) is 29.2. The van der Waals surface area contributed by atoms with Crippen LogP contribution in [-0.2, 0) is 11.3 Å². The lowest BCUT2D eigenvalue weighted by Crippen LogP contribution is -2.27. The fourth-order valence-corrected chi connectivity index (χ4v) is 4.17. The molecule has 1 N–H and O–H groups in total. The van der Waals surface area contributed by atoms with Crippen LogP contribution >= 0.6 is 0 Å². The molecule has 0 spiro atoms. The quantitative estimate of drug-likeness (QED) is 0.308. The van der Waals surface area contributed by atoms with Crippen LogP contribution in [0.1, 0.15) is 40.9 Å². The summed E-state index contributed by atoms with van der Waals surface area (Å²) in [5.41, 5.74) is 5.29. The Labute approximate surface area is 199 Å². The van der Waals surface area contributed by atoms with Crippen molar-refractivity contribution in [2.24, 2.45) is 0 Å². The molecule has 0 saturated heterocycles. The maximum atomic E-state index is 12.9. The molecule has 4 aromatic rings. The molecule has 1 heterocycles. The van der Waals surface area contributed by atoms with Gasteiger partial charge in [-0.2, -0.15) is 10.5 Å². The third-order valence-corrected chi connectivity index (χ3v) is 6.05. The van der Waals surface area contributed by atoms with Crippen LogP contribution in [0.15, 0.2) is 84.4 Å². The minimum atomic E-state index is -0.412. The lowest BCUT2D eigenvalue weighted by Gasteiger charge is -2.14. The van der Waals surface area contributed by atoms with E-state index < -0.39 is 5.91 Å². The Hall–Kier alpha value is -4.61. The molecule has 0 saturated carbocycles. The molecule has 166 valence electrons. The smallest absolute Gasteiger partial charge is 0.262 e. The lowest BCUT2D eigenvalue weighted by atomic mass is 10.1. The number of carbonyl (C=O) groups excluding carboxylic acids is 1. The average Bonchev–Trinajstić information content (AvgIpc) is 3.13. The van der Waals surface area contributed by atoms with Crippen molar-refractivity contribution in [1.29, 1.82) is 10.5 Å². The van der Waals surface area contributed by atoms with E-state index in [9.17, 15) is 15.3 Å². The van der Waals surface area contributed by atoms with Crippen molar-refractivity contribution in [2.45, 2.75) is 26.4 Å². The summed E-state index contributed by atoms with van der Waals surface area (Å²) in [5, 5.41) is 23.2. The normalized spacial score (nSPS) is 12.1. The number of nitrogens with one attached hydrogen (secondary N) is 1. The molecule has 5 nitrogen and oxygen atoms in total. The number of rotatable bonds is 6. The predicted octanol–water partition coefficient (Wildman–Crippen LogP) is 5.65. The van der Waals surface area contributed by atoms with E-state index in [-0.39, 0.29) is 11.6 Å². The van der Waals surface area contributed by atoms with E-state index in [1.54, 1.807) is 6.08 Å². The molecule has 1 aromatic heterocycles. The zero-order valence-corrected chi connectivity index (χ0v) is 19.1. The largest absolute Gasteiger partial charge is 0.345 e. The van der Waals surface area contributed by atoms with Crippen molar-refractivity contribution in [3.05, 3.63) is 112 Å². The summed E-state index contributed by atoms with van der Waals surface area (Å²) in [4.78, 5) is 12.9. The van der Waals surface area contributed by atoms with Crippen LogP contribution in [0, 0.1) is 29.6 Å². The van der Waals surface area contributed by atoms with Crippen LogP contribution in [0.2, 0.25) is 0 Å². The van der Waals surface area contributed by atoms with Gasteiger partial charge in [0.15, 0.2) is 0 Å². The molecule has 0 radical (unpaired) electrons. The second kappa shape index (κ2) is 9.90. The molecule has 0 fully saturated rings. The molecule has 4 rings (SSSR count). The minimum Gasteiger partial charge on any atom is -0.345 e. The third kappa shape index (κ3) is 4.46. The first-order valence-electron chi connectivity index (χ1n) is 11.1. The van der Waals surface area contributed by atoms with E-state index in [2.05, 4.69) is 22.0 Å². The van der Waals surface area contributed by atoms with E-state index in [1.165, 1.54) is 0 Å². The highest BCUT2D eigenvalue weighted by Crippen LogP contribution is 2.29. The molecule has 3 aromatic carbocycles.